The average Bonchev–Trinajstić information content (AvgIpc) is 3.18. The molecule has 32 heavy (non-hydrogen) atoms. The molecule has 4 rings (SSSR count). The van der Waals surface area contributed by atoms with Gasteiger partial charge in [-0.15, -0.1) is 0 Å². The summed E-state index contributed by atoms with van der Waals surface area (Å²) >= 11 is 6.25. The lowest BCUT2D eigenvalue weighted by Crippen LogP contribution is -2.09. The highest BCUT2D eigenvalue weighted by molar-refractivity contribution is 6.30. The predicted octanol–water partition coefficient (Wildman–Crippen LogP) is 6.62. The van der Waals surface area contributed by atoms with Gasteiger partial charge in [-0.05, 0) is 55.7 Å². The first-order chi connectivity index (χ1) is 15.5. The van der Waals surface area contributed by atoms with Crippen LogP contribution in [-0.2, 0) is 4.79 Å². The summed E-state index contributed by atoms with van der Waals surface area (Å²) in [6.07, 6.45) is 2.28. The minimum Gasteiger partial charge on any atom is -0.494 e. The van der Waals surface area contributed by atoms with Crippen LogP contribution in [0.15, 0.2) is 72.8 Å². The first kappa shape index (κ1) is 21.9. The van der Waals surface area contributed by atoms with E-state index in [4.69, 9.17) is 26.4 Å². The second-order valence-corrected chi connectivity index (χ2v) is 8.29. The van der Waals surface area contributed by atoms with Crippen molar-refractivity contribution in [1.29, 1.82) is 0 Å². The van der Waals surface area contributed by atoms with Crippen LogP contribution < -0.4 is 4.74 Å². The van der Waals surface area contributed by atoms with Crippen molar-refractivity contribution in [2.24, 2.45) is 5.92 Å². The molecule has 0 aliphatic heterocycles. The summed E-state index contributed by atoms with van der Waals surface area (Å²) in [5.74, 6) is 0.504. The Bertz CT molecular complexity index is 1220. The van der Waals surface area contributed by atoms with Crippen LogP contribution in [0.5, 0.6) is 5.75 Å². The van der Waals surface area contributed by atoms with E-state index >= 15 is 0 Å². The Kier molecular flexibility index (Phi) is 6.76. The standard InChI is InChI=1S/C26H25ClN2O3/c1-18(26(30)31)8-5-6-15-32-22-13-14-23-24(17-22)29(21-11-3-2-4-12-21)25(28-23)19-9-7-10-20(27)16-19/h2-4,7,9-14,16-18H,5-6,8,15H2,1H3,(H,30,31). The number of benzene rings is 3. The molecule has 1 heterocycles. The Hall–Kier alpha value is -3.31. The van der Waals surface area contributed by atoms with Crippen LogP contribution in [0.25, 0.3) is 28.1 Å². The van der Waals surface area contributed by atoms with Gasteiger partial charge in [-0.2, -0.15) is 0 Å². The van der Waals surface area contributed by atoms with E-state index < -0.39 is 5.97 Å². The molecular formula is C26H25ClN2O3. The first-order valence-electron chi connectivity index (χ1n) is 10.7. The Balaban J connectivity index is 1.61. The second-order valence-electron chi connectivity index (χ2n) is 7.85. The van der Waals surface area contributed by atoms with Gasteiger partial charge in [0, 0.05) is 22.3 Å². The van der Waals surface area contributed by atoms with Crippen LogP contribution in [0.1, 0.15) is 26.2 Å². The molecule has 0 amide bonds. The largest absolute Gasteiger partial charge is 0.494 e. The third-order valence-electron chi connectivity index (χ3n) is 5.44. The van der Waals surface area contributed by atoms with E-state index in [-0.39, 0.29) is 5.92 Å². The minimum atomic E-state index is -0.749. The Morgan fingerprint density at radius 2 is 1.88 bits per heavy atom. The van der Waals surface area contributed by atoms with E-state index in [0.717, 1.165) is 46.7 Å². The molecule has 6 heteroatoms. The SMILES string of the molecule is CC(CCCCOc1ccc2nc(-c3cccc(Cl)c3)n(-c3ccccc3)c2c1)C(=O)O. The molecule has 0 fully saturated rings. The molecule has 0 aliphatic rings. The summed E-state index contributed by atoms with van der Waals surface area (Å²) in [6, 6.07) is 23.7. The minimum absolute atomic E-state index is 0.323. The number of carboxylic acid groups (broad SMARTS) is 1. The van der Waals surface area contributed by atoms with E-state index in [1.807, 2.05) is 72.8 Å². The van der Waals surface area contributed by atoms with E-state index in [1.54, 1.807) is 6.92 Å². The van der Waals surface area contributed by atoms with E-state index in [1.165, 1.54) is 0 Å². The Morgan fingerprint density at radius 1 is 1.06 bits per heavy atom. The van der Waals surface area contributed by atoms with Gasteiger partial charge in [-0.3, -0.25) is 9.36 Å². The van der Waals surface area contributed by atoms with Gasteiger partial charge in [0.15, 0.2) is 0 Å². The fraction of sp³-hybridized carbons (Fsp3) is 0.231. The monoisotopic (exact) mass is 448 g/mol. The fourth-order valence-corrected chi connectivity index (χ4v) is 3.86. The number of hydrogen-bond donors (Lipinski definition) is 1. The van der Waals surface area contributed by atoms with Crippen molar-refractivity contribution in [3.05, 3.63) is 77.8 Å². The quantitative estimate of drug-likeness (QED) is 0.292. The number of para-hydroxylation sites is 1. The van der Waals surface area contributed by atoms with Crippen LogP contribution >= 0.6 is 11.6 Å². The zero-order valence-electron chi connectivity index (χ0n) is 17.9. The van der Waals surface area contributed by atoms with E-state index in [9.17, 15) is 4.79 Å². The van der Waals surface area contributed by atoms with Gasteiger partial charge in [0.25, 0.3) is 0 Å². The zero-order valence-corrected chi connectivity index (χ0v) is 18.6. The number of carboxylic acids is 1. The van der Waals surface area contributed by atoms with Crippen molar-refractivity contribution in [1.82, 2.24) is 9.55 Å². The molecule has 0 spiro atoms. The van der Waals surface area contributed by atoms with Crippen molar-refractivity contribution in [2.45, 2.75) is 26.2 Å². The Morgan fingerprint density at radius 3 is 2.62 bits per heavy atom. The number of nitrogens with zero attached hydrogens (tertiary/aromatic N) is 2. The normalized spacial score (nSPS) is 12.1. The highest BCUT2D eigenvalue weighted by atomic mass is 35.5. The molecular weight excluding hydrogens is 424 g/mol. The molecule has 1 aromatic heterocycles. The maximum absolute atomic E-state index is 10.9. The molecule has 164 valence electrons. The number of halogens is 1. The van der Waals surface area contributed by atoms with Gasteiger partial charge in [0.2, 0.25) is 0 Å². The maximum Gasteiger partial charge on any atom is 0.306 e. The number of aliphatic carboxylic acids is 1. The van der Waals surface area contributed by atoms with Gasteiger partial charge in [0.05, 0.1) is 23.6 Å². The van der Waals surface area contributed by atoms with Gasteiger partial charge in [0.1, 0.15) is 11.6 Å². The third-order valence-corrected chi connectivity index (χ3v) is 5.68. The number of fused-ring (bicyclic) bond motifs is 1. The lowest BCUT2D eigenvalue weighted by Gasteiger charge is -2.11. The van der Waals surface area contributed by atoms with Crippen molar-refractivity contribution < 1.29 is 14.6 Å². The predicted molar refractivity (Wildman–Crippen MR) is 128 cm³/mol. The molecule has 0 aliphatic carbocycles. The van der Waals surface area contributed by atoms with Crippen molar-refractivity contribution in [2.75, 3.05) is 6.61 Å². The van der Waals surface area contributed by atoms with Gasteiger partial charge >= 0.3 is 5.97 Å². The van der Waals surface area contributed by atoms with Crippen LogP contribution in [0.4, 0.5) is 0 Å². The fourth-order valence-electron chi connectivity index (χ4n) is 3.67. The molecule has 0 saturated carbocycles. The number of carbonyl (C=O) groups is 1. The first-order valence-corrected chi connectivity index (χ1v) is 11.1. The molecule has 0 bridgehead atoms. The molecule has 0 saturated heterocycles. The Labute approximate surface area is 192 Å². The summed E-state index contributed by atoms with van der Waals surface area (Å²) in [7, 11) is 0. The number of unbranched alkanes of at least 4 members (excludes halogenated alkanes) is 1. The smallest absolute Gasteiger partial charge is 0.306 e. The molecule has 1 atom stereocenters. The lowest BCUT2D eigenvalue weighted by molar-refractivity contribution is -0.141. The number of ether oxygens (including phenoxy) is 1. The molecule has 0 radical (unpaired) electrons. The molecule has 1 unspecified atom stereocenters. The van der Waals surface area contributed by atoms with Crippen LogP contribution in [0, 0.1) is 5.92 Å². The number of aromatic nitrogens is 2. The highest BCUT2D eigenvalue weighted by Crippen LogP contribution is 2.31. The maximum atomic E-state index is 10.9. The topological polar surface area (TPSA) is 64.4 Å². The van der Waals surface area contributed by atoms with Crippen LogP contribution in [0.3, 0.4) is 0 Å². The number of imidazole rings is 1. The lowest BCUT2D eigenvalue weighted by atomic mass is 10.1. The van der Waals surface area contributed by atoms with Crippen LogP contribution in [0.2, 0.25) is 5.02 Å². The molecule has 5 nitrogen and oxygen atoms in total. The van der Waals surface area contributed by atoms with Gasteiger partial charge < -0.3 is 9.84 Å². The van der Waals surface area contributed by atoms with Crippen LogP contribution in [-0.4, -0.2) is 27.2 Å². The molecule has 1 N–H and O–H groups in total. The summed E-state index contributed by atoms with van der Waals surface area (Å²) in [5.41, 5.74) is 3.76. The van der Waals surface area contributed by atoms with Crippen molar-refractivity contribution in [3.63, 3.8) is 0 Å². The molecule has 4 aromatic rings. The summed E-state index contributed by atoms with van der Waals surface area (Å²) in [4.78, 5) is 15.8. The zero-order chi connectivity index (χ0) is 22.5. The highest BCUT2D eigenvalue weighted by Gasteiger charge is 2.15. The summed E-state index contributed by atoms with van der Waals surface area (Å²) < 4.78 is 8.09. The number of hydrogen-bond acceptors (Lipinski definition) is 3. The summed E-state index contributed by atoms with van der Waals surface area (Å²) in [5, 5.41) is 9.65. The van der Waals surface area contributed by atoms with E-state index in [2.05, 4.69) is 4.57 Å². The second kappa shape index (κ2) is 9.88. The van der Waals surface area contributed by atoms with E-state index in [0.29, 0.717) is 18.1 Å². The number of rotatable bonds is 9. The van der Waals surface area contributed by atoms with Crippen molar-refractivity contribution in [3.8, 4) is 22.8 Å². The molecule has 3 aromatic carbocycles. The third kappa shape index (κ3) is 4.94. The van der Waals surface area contributed by atoms with Gasteiger partial charge in [-0.1, -0.05) is 48.9 Å². The summed E-state index contributed by atoms with van der Waals surface area (Å²) in [6.45, 7) is 2.28. The van der Waals surface area contributed by atoms with Gasteiger partial charge in [-0.25, -0.2) is 4.98 Å². The van der Waals surface area contributed by atoms with Crippen molar-refractivity contribution >= 4 is 28.6 Å². The average molecular weight is 449 g/mol.